The number of amides is 1. The van der Waals surface area contributed by atoms with Crippen LogP contribution >= 0.6 is 0 Å². The number of carbonyl (C=O) groups is 1. The molecule has 0 aliphatic rings. The molecule has 2 aromatic heterocycles. The van der Waals surface area contributed by atoms with Crippen LogP contribution in [0, 0.1) is 0 Å². The lowest BCUT2D eigenvalue weighted by molar-refractivity contribution is 0.0713. The molecule has 1 amide bonds. The minimum Gasteiger partial charge on any atom is -0.467 e. The van der Waals surface area contributed by atoms with E-state index in [4.69, 9.17) is 8.83 Å². The van der Waals surface area contributed by atoms with E-state index in [1.807, 2.05) is 30.3 Å². The molecule has 0 aliphatic carbocycles. The van der Waals surface area contributed by atoms with Gasteiger partial charge in [0.1, 0.15) is 16.9 Å². The number of furan rings is 1. The highest BCUT2D eigenvalue weighted by atomic mass is 16.4. The molecule has 2 aromatic carbocycles. The van der Waals surface area contributed by atoms with Crippen molar-refractivity contribution in [3.8, 4) is 0 Å². The van der Waals surface area contributed by atoms with Crippen LogP contribution in [0.1, 0.15) is 34.2 Å². The number of benzene rings is 2. The number of rotatable bonds is 6. The Kier molecular flexibility index (Phi) is 5.29. The van der Waals surface area contributed by atoms with Crippen molar-refractivity contribution in [3.63, 3.8) is 0 Å². The molecule has 4 aromatic rings. The van der Waals surface area contributed by atoms with Crippen molar-refractivity contribution in [2.75, 3.05) is 0 Å². The summed E-state index contributed by atoms with van der Waals surface area (Å²) in [6.45, 7) is 2.71. The van der Waals surface area contributed by atoms with Crippen molar-refractivity contribution < 1.29 is 13.6 Å². The van der Waals surface area contributed by atoms with Crippen LogP contribution < -0.4 is 5.63 Å². The molecule has 146 valence electrons. The summed E-state index contributed by atoms with van der Waals surface area (Å²) in [7, 11) is 0. The number of aryl methyl sites for hydroxylation is 1. The third kappa shape index (κ3) is 4.14. The van der Waals surface area contributed by atoms with E-state index >= 15 is 0 Å². The summed E-state index contributed by atoms with van der Waals surface area (Å²) >= 11 is 0. The van der Waals surface area contributed by atoms with Gasteiger partial charge < -0.3 is 13.7 Å². The molecule has 0 radical (unpaired) electrons. The highest BCUT2D eigenvalue weighted by molar-refractivity contribution is 5.96. The minimum atomic E-state index is -0.639. The number of para-hydroxylation sites is 1. The van der Waals surface area contributed by atoms with Crippen LogP contribution in [0.3, 0.4) is 0 Å². The Morgan fingerprint density at radius 3 is 2.41 bits per heavy atom. The topological polar surface area (TPSA) is 63.7 Å². The van der Waals surface area contributed by atoms with Gasteiger partial charge in [0.15, 0.2) is 0 Å². The Hall–Kier alpha value is -3.60. The van der Waals surface area contributed by atoms with Gasteiger partial charge in [0.25, 0.3) is 5.91 Å². The fraction of sp³-hybridized carbons (Fsp3) is 0.167. The summed E-state index contributed by atoms with van der Waals surface area (Å²) in [5, 5.41) is 0.709. The Labute approximate surface area is 168 Å². The van der Waals surface area contributed by atoms with Crippen LogP contribution in [0.5, 0.6) is 0 Å². The highest BCUT2D eigenvalue weighted by Gasteiger charge is 2.22. The quantitative estimate of drug-likeness (QED) is 0.446. The number of nitrogens with zero attached hydrogens (tertiary/aromatic N) is 1. The molecule has 29 heavy (non-hydrogen) atoms. The Bertz CT molecular complexity index is 1170. The van der Waals surface area contributed by atoms with Gasteiger partial charge >= 0.3 is 5.63 Å². The first-order chi connectivity index (χ1) is 14.1. The molecule has 5 nitrogen and oxygen atoms in total. The van der Waals surface area contributed by atoms with Crippen molar-refractivity contribution in [1.82, 2.24) is 4.90 Å². The van der Waals surface area contributed by atoms with Crippen LogP contribution in [0.25, 0.3) is 11.0 Å². The molecule has 5 heteroatoms. The first-order valence-corrected chi connectivity index (χ1v) is 9.56. The summed E-state index contributed by atoms with van der Waals surface area (Å²) in [6.07, 6.45) is 2.52. The standard InChI is InChI=1S/C24H21NO4/c1-2-17-9-11-18(12-10-17)15-25(16-20-7-5-13-28-20)23(26)21-14-19-6-3-4-8-22(19)29-24(21)27/h3-14H,2,15-16H2,1H3. The van der Waals surface area contributed by atoms with Crippen molar-refractivity contribution in [2.24, 2.45) is 0 Å². The average Bonchev–Trinajstić information content (AvgIpc) is 3.26. The maximum Gasteiger partial charge on any atom is 0.349 e. The summed E-state index contributed by atoms with van der Waals surface area (Å²) in [4.78, 5) is 27.4. The van der Waals surface area contributed by atoms with Crippen LogP contribution in [0.15, 0.2) is 86.6 Å². The SMILES string of the molecule is CCc1ccc(CN(Cc2ccco2)C(=O)c2cc3ccccc3oc2=O)cc1. The second-order valence-electron chi connectivity index (χ2n) is 6.90. The molecule has 4 rings (SSSR count). The molecule has 0 aliphatic heterocycles. The second-order valence-corrected chi connectivity index (χ2v) is 6.90. The van der Waals surface area contributed by atoms with Crippen LogP contribution in [-0.2, 0) is 19.5 Å². The van der Waals surface area contributed by atoms with Gasteiger partial charge in [0.05, 0.1) is 12.8 Å². The Morgan fingerprint density at radius 2 is 1.69 bits per heavy atom. The van der Waals surface area contributed by atoms with Crippen molar-refractivity contribution in [3.05, 3.63) is 106 Å². The maximum atomic E-state index is 13.3. The molecule has 0 fully saturated rings. The lowest BCUT2D eigenvalue weighted by Gasteiger charge is -2.22. The highest BCUT2D eigenvalue weighted by Crippen LogP contribution is 2.17. The lowest BCUT2D eigenvalue weighted by Crippen LogP contribution is -2.33. The van der Waals surface area contributed by atoms with Gasteiger partial charge in [-0.25, -0.2) is 4.79 Å². The number of hydrogen-bond donors (Lipinski definition) is 0. The van der Waals surface area contributed by atoms with E-state index in [1.54, 1.807) is 35.4 Å². The summed E-state index contributed by atoms with van der Waals surface area (Å²) in [6, 6.07) is 20.4. The predicted octanol–water partition coefficient (Wildman–Crippen LogP) is 4.79. The first kappa shape index (κ1) is 18.7. The van der Waals surface area contributed by atoms with Gasteiger partial charge in [0, 0.05) is 11.9 Å². The van der Waals surface area contributed by atoms with Gasteiger partial charge in [-0.05, 0) is 41.8 Å². The molecular weight excluding hydrogens is 366 g/mol. The van der Waals surface area contributed by atoms with Crippen LogP contribution in [0.2, 0.25) is 0 Å². The Morgan fingerprint density at radius 1 is 0.931 bits per heavy atom. The summed E-state index contributed by atoms with van der Waals surface area (Å²) < 4.78 is 10.8. The fourth-order valence-electron chi connectivity index (χ4n) is 3.27. The van der Waals surface area contributed by atoms with E-state index in [0.29, 0.717) is 23.3 Å². The van der Waals surface area contributed by atoms with Crippen LogP contribution in [-0.4, -0.2) is 10.8 Å². The monoisotopic (exact) mass is 387 g/mol. The zero-order valence-electron chi connectivity index (χ0n) is 16.1. The van der Waals surface area contributed by atoms with Crippen molar-refractivity contribution in [1.29, 1.82) is 0 Å². The van der Waals surface area contributed by atoms with Gasteiger partial charge in [0.2, 0.25) is 0 Å². The largest absolute Gasteiger partial charge is 0.467 e. The van der Waals surface area contributed by atoms with Gasteiger partial charge in [-0.1, -0.05) is 49.4 Å². The molecule has 0 spiro atoms. The zero-order chi connectivity index (χ0) is 20.2. The van der Waals surface area contributed by atoms with Gasteiger partial charge in [-0.2, -0.15) is 0 Å². The van der Waals surface area contributed by atoms with E-state index in [9.17, 15) is 9.59 Å². The van der Waals surface area contributed by atoms with Crippen LogP contribution in [0.4, 0.5) is 0 Å². The molecule has 0 bridgehead atoms. The first-order valence-electron chi connectivity index (χ1n) is 9.56. The average molecular weight is 387 g/mol. The number of carbonyl (C=O) groups excluding carboxylic acids is 1. The van der Waals surface area contributed by atoms with E-state index in [2.05, 4.69) is 19.1 Å². The third-order valence-electron chi connectivity index (χ3n) is 4.89. The fourth-order valence-corrected chi connectivity index (χ4v) is 3.27. The zero-order valence-corrected chi connectivity index (χ0v) is 16.1. The smallest absolute Gasteiger partial charge is 0.349 e. The summed E-state index contributed by atoms with van der Waals surface area (Å²) in [5.41, 5.74) is 2.04. The molecule has 0 unspecified atom stereocenters. The van der Waals surface area contributed by atoms with Gasteiger partial charge in [-0.3, -0.25) is 4.79 Å². The van der Waals surface area contributed by atoms with Crippen molar-refractivity contribution >= 4 is 16.9 Å². The number of hydrogen-bond acceptors (Lipinski definition) is 4. The van der Waals surface area contributed by atoms with E-state index in [1.165, 1.54) is 5.56 Å². The van der Waals surface area contributed by atoms with Gasteiger partial charge in [-0.15, -0.1) is 0 Å². The minimum absolute atomic E-state index is 0.0143. The van der Waals surface area contributed by atoms with E-state index < -0.39 is 5.63 Å². The van der Waals surface area contributed by atoms with E-state index in [-0.39, 0.29) is 18.0 Å². The Balaban J connectivity index is 1.68. The second kappa shape index (κ2) is 8.19. The molecule has 0 N–H and O–H groups in total. The summed E-state index contributed by atoms with van der Waals surface area (Å²) in [5.74, 6) is 0.258. The normalized spacial score (nSPS) is 10.9. The molecule has 2 heterocycles. The number of fused-ring (bicyclic) bond motifs is 1. The van der Waals surface area contributed by atoms with E-state index in [0.717, 1.165) is 12.0 Å². The lowest BCUT2D eigenvalue weighted by atomic mass is 10.1. The molecule has 0 saturated heterocycles. The third-order valence-corrected chi connectivity index (χ3v) is 4.89. The molecule has 0 atom stereocenters. The molecular formula is C24H21NO4. The predicted molar refractivity (Wildman–Crippen MR) is 111 cm³/mol. The van der Waals surface area contributed by atoms with Crippen molar-refractivity contribution in [2.45, 2.75) is 26.4 Å². The molecule has 0 saturated carbocycles. The maximum absolute atomic E-state index is 13.3.